The van der Waals surface area contributed by atoms with E-state index in [2.05, 4.69) is 4.98 Å². The van der Waals surface area contributed by atoms with Gasteiger partial charge in [0.15, 0.2) is 5.82 Å². The molecule has 4 aromatic rings. The molecule has 1 atom stereocenters. The monoisotopic (exact) mass is 496 g/mol. The summed E-state index contributed by atoms with van der Waals surface area (Å²) in [6, 6.07) is 10.9. The zero-order chi connectivity index (χ0) is 25.7. The Morgan fingerprint density at radius 3 is 2.75 bits per heavy atom. The van der Waals surface area contributed by atoms with Crippen molar-refractivity contribution < 1.29 is 32.2 Å². The van der Waals surface area contributed by atoms with Crippen LogP contribution in [0.25, 0.3) is 22.1 Å². The molecule has 4 rings (SSSR count). The van der Waals surface area contributed by atoms with Gasteiger partial charge >= 0.3 is 5.97 Å². The van der Waals surface area contributed by atoms with Crippen molar-refractivity contribution in [3.63, 3.8) is 0 Å². The number of fused-ring (bicyclic) bond motifs is 1. The summed E-state index contributed by atoms with van der Waals surface area (Å²) < 4.78 is 50.8. The highest BCUT2D eigenvalue weighted by atomic mass is 19.1. The average Bonchev–Trinajstić information content (AvgIpc) is 3.32. The average molecular weight is 497 g/mol. The number of hydrogen-bond acceptors (Lipinski definition) is 7. The predicted octanol–water partition coefficient (Wildman–Crippen LogP) is 4.93. The first-order chi connectivity index (χ1) is 17.4. The molecule has 7 nitrogen and oxygen atoms in total. The van der Waals surface area contributed by atoms with E-state index in [0.29, 0.717) is 28.0 Å². The SMILES string of the molecule is COCC(C)OC(=O)Cc1cc(F)ccc1OCc1cc(-c2ccnc(CN)c2F)c2occc2c1. The minimum absolute atomic E-state index is 0.0379. The summed E-state index contributed by atoms with van der Waals surface area (Å²) >= 11 is 0. The number of benzene rings is 2. The molecule has 0 aliphatic heterocycles. The van der Waals surface area contributed by atoms with Gasteiger partial charge in [0.05, 0.1) is 25.0 Å². The maximum Gasteiger partial charge on any atom is 0.310 e. The molecule has 1 unspecified atom stereocenters. The van der Waals surface area contributed by atoms with Gasteiger partial charge in [0.2, 0.25) is 0 Å². The Labute approximate surface area is 206 Å². The molecule has 0 saturated heterocycles. The third kappa shape index (κ3) is 5.69. The summed E-state index contributed by atoms with van der Waals surface area (Å²) in [5.74, 6) is -1.21. The fourth-order valence-electron chi connectivity index (χ4n) is 3.94. The lowest BCUT2D eigenvalue weighted by Gasteiger charge is -2.15. The number of hydrogen-bond donors (Lipinski definition) is 1. The van der Waals surface area contributed by atoms with Gasteiger partial charge in [-0.15, -0.1) is 0 Å². The second-order valence-corrected chi connectivity index (χ2v) is 8.28. The lowest BCUT2D eigenvalue weighted by Crippen LogP contribution is -2.21. The van der Waals surface area contributed by atoms with Gasteiger partial charge in [0.25, 0.3) is 0 Å². The molecule has 0 aliphatic rings. The van der Waals surface area contributed by atoms with Crippen LogP contribution in [-0.2, 0) is 33.8 Å². The second-order valence-electron chi connectivity index (χ2n) is 8.28. The molecule has 2 N–H and O–H groups in total. The molecule has 0 saturated carbocycles. The van der Waals surface area contributed by atoms with Crippen molar-refractivity contribution in [3.8, 4) is 16.9 Å². The maximum absolute atomic E-state index is 15.0. The molecule has 2 aromatic heterocycles. The first kappa shape index (κ1) is 25.3. The zero-order valence-corrected chi connectivity index (χ0v) is 19.9. The van der Waals surface area contributed by atoms with Gasteiger partial charge in [-0.25, -0.2) is 8.78 Å². The van der Waals surface area contributed by atoms with Crippen molar-refractivity contribution in [2.24, 2.45) is 5.73 Å². The van der Waals surface area contributed by atoms with Crippen LogP contribution in [0, 0.1) is 11.6 Å². The smallest absolute Gasteiger partial charge is 0.310 e. The molecule has 188 valence electrons. The van der Waals surface area contributed by atoms with Crippen molar-refractivity contribution in [1.82, 2.24) is 4.98 Å². The number of rotatable bonds is 10. The molecule has 0 aliphatic carbocycles. The Hall–Kier alpha value is -3.82. The Morgan fingerprint density at radius 2 is 1.97 bits per heavy atom. The lowest BCUT2D eigenvalue weighted by atomic mass is 10.00. The van der Waals surface area contributed by atoms with Gasteiger partial charge in [-0.1, -0.05) is 0 Å². The van der Waals surface area contributed by atoms with Gasteiger partial charge in [0, 0.05) is 41.9 Å². The molecule has 2 heterocycles. The lowest BCUT2D eigenvalue weighted by molar-refractivity contribution is -0.149. The number of pyridine rings is 1. The fourth-order valence-corrected chi connectivity index (χ4v) is 3.94. The van der Waals surface area contributed by atoms with E-state index in [1.165, 1.54) is 37.8 Å². The minimum Gasteiger partial charge on any atom is -0.489 e. The largest absolute Gasteiger partial charge is 0.489 e. The third-order valence-corrected chi connectivity index (χ3v) is 5.54. The number of carbonyl (C=O) groups excluding carboxylic acids is 1. The van der Waals surface area contributed by atoms with Crippen LogP contribution >= 0.6 is 0 Å². The highest BCUT2D eigenvalue weighted by Crippen LogP contribution is 2.34. The first-order valence-electron chi connectivity index (χ1n) is 11.3. The summed E-state index contributed by atoms with van der Waals surface area (Å²) in [5, 5.41) is 0.756. The maximum atomic E-state index is 15.0. The number of ether oxygens (including phenoxy) is 3. The molecular formula is C27H26F2N2O5. The molecular weight excluding hydrogens is 470 g/mol. The van der Waals surface area contributed by atoms with Crippen LogP contribution in [0.15, 0.2) is 59.3 Å². The van der Waals surface area contributed by atoms with Crippen LogP contribution in [0.5, 0.6) is 5.75 Å². The Balaban J connectivity index is 1.59. The highest BCUT2D eigenvalue weighted by Gasteiger charge is 2.18. The van der Waals surface area contributed by atoms with Gasteiger partial charge in [-0.05, 0) is 55.0 Å². The minimum atomic E-state index is -0.527. The standard InChI is InChI=1S/C27H26F2N2O5/c1-16(14-33-2)36-25(32)12-19-11-20(28)3-4-24(19)35-15-17-9-18-6-8-34-27(18)22(10-17)21-5-7-31-23(13-30)26(21)29/h3-11,16H,12-15,30H2,1-2H3. The summed E-state index contributed by atoms with van der Waals surface area (Å²) in [4.78, 5) is 16.3. The van der Waals surface area contributed by atoms with Gasteiger partial charge < -0.3 is 24.4 Å². The summed E-state index contributed by atoms with van der Waals surface area (Å²) in [7, 11) is 1.51. The van der Waals surface area contributed by atoms with Crippen LogP contribution in [-0.4, -0.2) is 30.8 Å². The number of aromatic nitrogens is 1. The van der Waals surface area contributed by atoms with E-state index in [0.717, 1.165) is 10.9 Å². The van der Waals surface area contributed by atoms with E-state index in [9.17, 15) is 9.18 Å². The number of furan rings is 1. The van der Waals surface area contributed by atoms with Crippen LogP contribution in [0.1, 0.15) is 23.7 Å². The van der Waals surface area contributed by atoms with Gasteiger partial charge in [-0.2, -0.15) is 0 Å². The molecule has 2 aromatic carbocycles. The van der Waals surface area contributed by atoms with Gasteiger partial charge in [0.1, 0.15) is 29.9 Å². The van der Waals surface area contributed by atoms with Crippen molar-refractivity contribution in [2.75, 3.05) is 13.7 Å². The van der Waals surface area contributed by atoms with E-state index < -0.39 is 23.7 Å². The van der Waals surface area contributed by atoms with E-state index in [-0.39, 0.29) is 31.9 Å². The third-order valence-electron chi connectivity index (χ3n) is 5.54. The fraction of sp³-hybridized carbons (Fsp3) is 0.259. The number of nitrogens with zero attached hydrogens (tertiary/aromatic N) is 1. The normalized spacial score (nSPS) is 12.0. The van der Waals surface area contributed by atoms with E-state index in [1.807, 2.05) is 6.07 Å². The number of carbonyl (C=O) groups is 1. The van der Waals surface area contributed by atoms with Gasteiger partial charge in [-0.3, -0.25) is 9.78 Å². The second kappa shape index (κ2) is 11.3. The first-order valence-corrected chi connectivity index (χ1v) is 11.3. The van der Waals surface area contributed by atoms with Crippen molar-refractivity contribution in [3.05, 3.63) is 83.4 Å². The molecule has 0 spiro atoms. The number of esters is 1. The molecule has 0 radical (unpaired) electrons. The topological polar surface area (TPSA) is 96.8 Å². The quantitative estimate of drug-likeness (QED) is 0.311. The van der Waals surface area contributed by atoms with Crippen LogP contribution < -0.4 is 10.5 Å². The molecule has 0 amide bonds. The van der Waals surface area contributed by atoms with E-state index >= 15 is 4.39 Å². The summed E-state index contributed by atoms with van der Waals surface area (Å²) in [6.07, 6.45) is 2.41. The predicted molar refractivity (Wildman–Crippen MR) is 129 cm³/mol. The highest BCUT2D eigenvalue weighted by molar-refractivity contribution is 5.93. The Bertz CT molecular complexity index is 1370. The Kier molecular flexibility index (Phi) is 7.92. The number of nitrogens with two attached hydrogens (primary N) is 1. The Morgan fingerprint density at radius 1 is 1.14 bits per heavy atom. The number of halogens is 2. The molecule has 36 heavy (non-hydrogen) atoms. The van der Waals surface area contributed by atoms with Crippen molar-refractivity contribution >= 4 is 16.9 Å². The van der Waals surface area contributed by atoms with Crippen LogP contribution in [0.3, 0.4) is 0 Å². The molecule has 0 fully saturated rings. The number of methoxy groups -OCH3 is 1. The van der Waals surface area contributed by atoms with E-state index in [4.69, 9.17) is 24.4 Å². The van der Waals surface area contributed by atoms with Crippen molar-refractivity contribution in [1.29, 1.82) is 0 Å². The van der Waals surface area contributed by atoms with Crippen LogP contribution in [0.2, 0.25) is 0 Å². The molecule has 9 heteroatoms. The van der Waals surface area contributed by atoms with E-state index in [1.54, 1.807) is 25.1 Å². The zero-order valence-electron chi connectivity index (χ0n) is 19.9. The summed E-state index contributed by atoms with van der Waals surface area (Å²) in [5.41, 5.74) is 8.19. The van der Waals surface area contributed by atoms with Crippen LogP contribution in [0.4, 0.5) is 8.78 Å². The summed E-state index contributed by atoms with van der Waals surface area (Å²) in [6.45, 7) is 2.00. The molecule has 0 bridgehead atoms. The van der Waals surface area contributed by atoms with Crippen molar-refractivity contribution in [2.45, 2.75) is 32.6 Å².